The first-order valence-corrected chi connectivity index (χ1v) is 9.26. The highest BCUT2D eigenvalue weighted by atomic mass is 19.4. The Morgan fingerprint density at radius 3 is 2.52 bits per heavy atom. The summed E-state index contributed by atoms with van der Waals surface area (Å²) in [4.78, 5) is 11.9. The second-order valence-electron chi connectivity index (χ2n) is 6.81. The van der Waals surface area contributed by atoms with Crippen molar-refractivity contribution in [1.29, 1.82) is 0 Å². The van der Waals surface area contributed by atoms with Crippen LogP contribution in [-0.2, 0) is 12.7 Å². The summed E-state index contributed by atoms with van der Waals surface area (Å²) >= 11 is 0. The van der Waals surface area contributed by atoms with E-state index in [1.165, 1.54) is 18.3 Å². The van der Waals surface area contributed by atoms with Crippen molar-refractivity contribution < 1.29 is 17.6 Å². The van der Waals surface area contributed by atoms with E-state index in [4.69, 9.17) is 0 Å². The van der Waals surface area contributed by atoms with Crippen LogP contribution in [0.25, 0.3) is 0 Å². The number of hydrogen-bond acceptors (Lipinski definition) is 7. The van der Waals surface area contributed by atoms with Gasteiger partial charge in [0.15, 0.2) is 11.6 Å². The number of nitrogens with one attached hydrogen (secondary N) is 2. The van der Waals surface area contributed by atoms with Gasteiger partial charge in [-0.25, -0.2) is 9.37 Å². The van der Waals surface area contributed by atoms with Crippen LogP contribution in [0.3, 0.4) is 0 Å². The first-order valence-electron chi connectivity index (χ1n) is 9.26. The van der Waals surface area contributed by atoms with E-state index < -0.39 is 17.6 Å². The summed E-state index contributed by atoms with van der Waals surface area (Å²) < 4.78 is 52.1. The number of anilines is 3. The molecule has 0 fully saturated rings. The third-order valence-corrected chi connectivity index (χ3v) is 3.85. The van der Waals surface area contributed by atoms with E-state index in [0.29, 0.717) is 17.1 Å². The fraction of sp³-hybridized carbons (Fsp3) is 0.250. The summed E-state index contributed by atoms with van der Waals surface area (Å²) in [6.45, 7) is 3.82. The van der Waals surface area contributed by atoms with E-state index in [2.05, 4.69) is 35.8 Å². The monoisotopic (exact) mass is 433 g/mol. The van der Waals surface area contributed by atoms with Gasteiger partial charge in [-0.05, 0) is 44.2 Å². The minimum atomic E-state index is -4.41. The number of hydrogen-bond donors (Lipinski definition) is 2. The Hall–Kier alpha value is -3.63. The van der Waals surface area contributed by atoms with Crippen LogP contribution in [-0.4, -0.2) is 21.0 Å². The Morgan fingerprint density at radius 1 is 1.03 bits per heavy atom. The molecule has 7 nitrogen and oxygen atoms in total. The Balaban J connectivity index is 1.61. The van der Waals surface area contributed by atoms with Crippen LogP contribution in [0.15, 0.2) is 59.0 Å². The van der Waals surface area contributed by atoms with E-state index in [1.807, 2.05) is 13.8 Å². The lowest BCUT2D eigenvalue weighted by Crippen LogP contribution is -2.12. The number of nitrogens with zero attached hydrogens (tertiary/aromatic N) is 5. The van der Waals surface area contributed by atoms with E-state index in [0.717, 1.165) is 18.3 Å². The molecule has 0 aliphatic rings. The van der Waals surface area contributed by atoms with Crippen LogP contribution in [0.2, 0.25) is 0 Å². The van der Waals surface area contributed by atoms with Crippen LogP contribution in [0.4, 0.5) is 40.7 Å². The number of rotatable bonds is 7. The summed E-state index contributed by atoms with van der Waals surface area (Å²) in [7, 11) is 0. The maximum atomic E-state index is 13.7. The van der Waals surface area contributed by atoms with Crippen molar-refractivity contribution >= 4 is 23.1 Å². The van der Waals surface area contributed by atoms with Crippen molar-refractivity contribution in [3.05, 3.63) is 65.9 Å². The van der Waals surface area contributed by atoms with Crippen molar-refractivity contribution in [2.75, 3.05) is 10.6 Å². The number of pyridine rings is 1. The smallest absolute Gasteiger partial charge is 0.365 e. The summed E-state index contributed by atoms with van der Waals surface area (Å²) in [5.74, 6) is -0.535. The molecule has 0 bridgehead atoms. The number of benzene rings is 1. The average molecular weight is 433 g/mol. The lowest BCUT2D eigenvalue weighted by Gasteiger charge is -2.10. The highest BCUT2D eigenvalue weighted by Crippen LogP contribution is 2.31. The van der Waals surface area contributed by atoms with Crippen LogP contribution in [0.1, 0.15) is 25.1 Å². The van der Waals surface area contributed by atoms with Gasteiger partial charge in [-0.2, -0.15) is 23.3 Å². The highest BCUT2D eigenvalue weighted by molar-refractivity contribution is 5.59. The Bertz CT molecular complexity index is 1050. The third kappa shape index (κ3) is 6.43. The molecule has 11 heteroatoms. The van der Waals surface area contributed by atoms with E-state index in [9.17, 15) is 17.6 Å². The molecule has 0 saturated heterocycles. The number of azo groups is 1. The van der Waals surface area contributed by atoms with Crippen molar-refractivity contribution in [3.63, 3.8) is 0 Å². The number of alkyl halides is 3. The van der Waals surface area contributed by atoms with E-state index >= 15 is 0 Å². The molecule has 0 aliphatic heterocycles. The quantitative estimate of drug-likeness (QED) is 0.359. The maximum Gasteiger partial charge on any atom is 0.416 e. The summed E-state index contributed by atoms with van der Waals surface area (Å²) in [6, 6.07) is 8.19. The zero-order valence-corrected chi connectivity index (χ0v) is 16.7. The van der Waals surface area contributed by atoms with Crippen LogP contribution in [0, 0.1) is 5.82 Å². The van der Waals surface area contributed by atoms with Gasteiger partial charge in [0.05, 0.1) is 29.3 Å². The maximum absolute atomic E-state index is 13.7. The molecule has 0 atom stereocenters. The lowest BCUT2D eigenvalue weighted by molar-refractivity contribution is -0.137. The number of aromatic nitrogens is 3. The highest BCUT2D eigenvalue weighted by Gasteiger charge is 2.30. The molecule has 1 aromatic carbocycles. The normalized spacial score (nSPS) is 11.8. The zero-order chi connectivity index (χ0) is 22.4. The summed E-state index contributed by atoms with van der Waals surface area (Å²) in [5, 5.41) is 13.5. The molecule has 3 aromatic rings. The van der Waals surface area contributed by atoms with Crippen molar-refractivity contribution in [3.8, 4) is 0 Å². The van der Waals surface area contributed by atoms with Crippen LogP contribution in [0.5, 0.6) is 0 Å². The third-order valence-electron chi connectivity index (χ3n) is 3.85. The predicted octanol–water partition coefficient (Wildman–Crippen LogP) is 5.88. The molecule has 0 saturated carbocycles. The Morgan fingerprint density at radius 2 is 1.84 bits per heavy atom. The molecule has 162 valence electrons. The van der Waals surface area contributed by atoms with E-state index in [1.54, 1.807) is 12.1 Å². The van der Waals surface area contributed by atoms with Gasteiger partial charge in [0.2, 0.25) is 0 Å². The van der Waals surface area contributed by atoms with Gasteiger partial charge < -0.3 is 10.6 Å². The van der Waals surface area contributed by atoms with Gasteiger partial charge in [-0.15, -0.1) is 5.11 Å². The second kappa shape index (κ2) is 9.45. The molecule has 31 heavy (non-hydrogen) atoms. The molecule has 2 heterocycles. The van der Waals surface area contributed by atoms with Crippen LogP contribution < -0.4 is 10.6 Å². The number of halogens is 4. The molecule has 0 aliphatic carbocycles. The summed E-state index contributed by atoms with van der Waals surface area (Å²) in [5.41, 5.74) is 0.646. The average Bonchev–Trinajstić information content (AvgIpc) is 2.71. The molecule has 2 N–H and O–H groups in total. The summed E-state index contributed by atoms with van der Waals surface area (Å²) in [6.07, 6.45) is -1.92. The fourth-order valence-corrected chi connectivity index (χ4v) is 2.48. The van der Waals surface area contributed by atoms with E-state index in [-0.39, 0.29) is 24.4 Å². The van der Waals surface area contributed by atoms with Crippen molar-refractivity contribution in [1.82, 2.24) is 15.0 Å². The largest absolute Gasteiger partial charge is 0.416 e. The second-order valence-corrected chi connectivity index (χ2v) is 6.81. The Kier molecular flexibility index (Phi) is 6.73. The first-order chi connectivity index (χ1) is 14.7. The zero-order valence-electron chi connectivity index (χ0n) is 16.7. The standard InChI is InChI=1S/C20H19F4N7/c1-12(2)28-18-17(21)11-26-19(30-18)31-27-10-15-6-7-16(9-25-15)29-14-5-3-4-13(8-14)20(22,23)24/h3-9,11-12,29H,10H2,1-2H3,(H,26,28,30). The SMILES string of the molecule is CC(C)Nc1nc(N=NCc2ccc(Nc3cccc(C(F)(F)F)c3)cn2)ncc1F. The molecule has 3 rings (SSSR count). The lowest BCUT2D eigenvalue weighted by atomic mass is 10.2. The van der Waals surface area contributed by atoms with Crippen LogP contribution >= 0.6 is 0 Å². The van der Waals surface area contributed by atoms with Gasteiger partial charge in [0.25, 0.3) is 5.95 Å². The molecule has 0 spiro atoms. The molecule has 2 aromatic heterocycles. The molecule has 0 radical (unpaired) electrons. The minimum absolute atomic E-state index is 0.00684. The Labute approximate surface area is 175 Å². The van der Waals surface area contributed by atoms with Gasteiger partial charge >= 0.3 is 6.18 Å². The predicted molar refractivity (Wildman–Crippen MR) is 108 cm³/mol. The molecule has 0 amide bonds. The van der Waals surface area contributed by atoms with Gasteiger partial charge in [-0.3, -0.25) is 4.98 Å². The first kappa shape index (κ1) is 22.1. The van der Waals surface area contributed by atoms with Gasteiger partial charge in [-0.1, -0.05) is 6.07 Å². The fourth-order valence-electron chi connectivity index (χ4n) is 2.48. The topological polar surface area (TPSA) is 87.5 Å². The van der Waals surface area contributed by atoms with Crippen molar-refractivity contribution in [2.24, 2.45) is 10.2 Å². The van der Waals surface area contributed by atoms with Gasteiger partial charge in [0, 0.05) is 11.7 Å². The molecular weight excluding hydrogens is 414 g/mol. The molecule has 0 unspecified atom stereocenters. The molecular formula is C20H19F4N7. The minimum Gasteiger partial charge on any atom is -0.365 e. The van der Waals surface area contributed by atoms with Crippen molar-refractivity contribution in [2.45, 2.75) is 32.6 Å². The van der Waals surface area contributed by atoms with Gasteiger partial charge in [0.1, 0.15) is 6.54 Å².